The monoisotopic (exact) mass is 252 g/mol. The molecule has 0 radical (unpaired) electrons. The van der Waals surface area contributed by atoms with Crippen molar-refractivity contribution >= 4 is 0 Å². The van der Waals surface area contributed by atoms with Gasteiger partial charge in [0.25, 0.3) is 0 Å². The van der Waals surface area contributed by atoms with Crippen molar-refractivity contribution in [3.05, 3.63) is 49.3 Å². The lowest BCUT2D eigenvalue weighted by Crippen LogP contribution is -2.28. The fraction of sp³-hybridized carbons (Fsp3) is 0.273. The molecule has 0 aromatic rings. The van der Waals surface area contributed by atoms with E-state index in [2.05, 4.69) is 29.2 Å². The standard InChI is InChI=1S/C11H12F4O2/c1-4-8(2)5-6-9(3)17-11(14,15)7-16-10(12)13/h4-6,10H,1-3,7H2/b6-5-. The largest absolute Gasteiger partial charge is 0.431 e. The number of halogens is 4. The Morgan fingerprint density at radius 2 is 1.82 bits per heavy atom. The lowest BCUT2D eigenvalue weighted by Gasteiger charge is -2.17. The predicted octanol–water partition coefficient (Wildman–Crippen LogP) is 3.65. The van der Waals surface area contributed by atoms with E-state index in [-0.39, 0.29) is 0 Å². The molecule has 0 aliphatic rings. The summed E-state index contributed by atoms with van der Waals surface area (Å²) in [4.78, 5) is 0. The molecule has 0 saturated carbocycles. The second-order valence-electron chi connectivity index (χ2n) is 2.89. The van der Waals surface area contributed by atoms with Gasteiger partial charge in [-0.05, 0) is 11.6 Å². The maximum Gasteiger partial charge on any atom is 0.422 e. The normalized spacial score (nSPS) is 11.8. The Labute approximate surface area is 96.5 Å². The molecular formula is C11H12F4O2. The molecule has 0 fully saturated rings. The molecular weight excluding hydrogens is 240 g/mol. The van der Waals surface area contributed by atoms with Gasteiger partial charge in [-0.25, -0.2) is 0 Å². The van der Waals surface area contributed by atoms with Crippen LogP contribution >= 0.6 is 0 Å². The fourth-order valence-corrected chi connectivity index (χ4v) is 0.683. The summed E-state index contributed by atoms with van der Waals surface area (Å²) in [6.07, 6.45) is -0.0329. The minimum absolute atomic E-state index is 0.407. The van der Waals surface area contributed by atoms with Crippen molar-refractivity contribution in [1.29, 1.82) is 0 Å². The molecule has 0 saturated heterocycles. The van der Waals surface area contributed by atoms with Crippen molar-refractivity contribution in [2.45, 2.75) is 12.7 Å². The Hall–Kier alpha value is -1.56. The van der Waals surface area contributed by atoms with Gasteiger partial charge in [0, 0.05) is 0 Å². The number of allylic oxidation sites excluding steroid dienone is 4. The highest BCUT2D eigenvalue weighted by Gasteiger charge is 2.33. The van der Waals surface area contributed by atoms with E-state index < -0.39 is 25.1 Å². The van der Waals surface area contributed by atoms with Crippen LogP contribution in [0.5, 0.6) is 0 Å². The van der Waals surface area contributed by atoms with E-state index in [1.165, 1.54) is 12.2 Å². The van der Waals surface area contributed by atoms with Crippen LogP contribution in [0.25, 0.3) is 0 Å². The molecule has 0 unspecified atom stereocenters. The van der Waals surface area contributed by atoms with Gasteiger partial charge in [-0.3, -0.25) is 0 Å². The highest BCUT2D eigenvalue weighted by Crippen LogP contribution is 2.21. The van der Waals surface area contributed by atoms with Gasteiger partial charge < -0.3 is 9.47 Å². The average molecular weight is 252 g/mol. The molecule has 0 spiro atoms. The zero-order valence-electron chi connectivity index (χ0n) is 8.97. The van der Waals surface area contributed by atoms with Gasteiger partial charge in [-0.2, -0.15) is 17.6 Å². The summed E-state index contributed by atoms with van der Waals surface area (Å²) in [5, 5.41) is 0. The van der Waals surface area contributed by atoms with Gasteiger partial charge in [0.15, 0.2) is 6.61 Å². The number of alkyl halides is 4. The first-order valence-electron chi connectivity index (χ1n) is 4.42. The third-order valence-corrected chi connectivity index (χ3v) is 1.40. The summed E-state index contributed by atoms with van der Waals surface area (Å²) >= 11 is 0. The minimum Gasteiger partial charge on any atom is -0.431 e. The van der Waals surface area contributed by atoms with E-state index >= 15 is 0 Å². The fourth-order valence-electron chi connectivity index (χ4n) is 0.683. The van der Waals surface area contributed by atoms with E-state index in [0.29, 0.717) is 5.57 Å². The maximum absolute atomic E-state index is 12.8. The Morgan fingerprint density at radius 3 is 2.29 bits per heavy atom. The van der Waals surface area contributed by atoms with E-state index in [1.54, 1.807) is 0 Å². The number of rotatable bonds is 8. The Kier molecular flexibility index (Phi) is 6.27. The van der Waals surface area contributed by atoms with E-state index in [4.69, 9.17) is 0 Å². The lowest BCUT2D eigenvalue weighted by atomic mass is 10.2. The van der Waals surface area contributed by atoms with Gasteiger partial charge in [0.2, 0.25) is 0 Å². The van der Waals surface area contributed by atoms with Crippen LogP contribution in [0.4, 0.5) is 17.6 Å². The average Bonchev–Trinajstić information content (AvgIpc) is 2.22. The van der Waals surface area contributed by atoms with Crippen molar-refractivity contribution < 1.29 is 27.0 Å². The van der Waals surface area contributed by atoms with Crippen LogP contribution in [0.3, 0.4) is 0 Å². The van der Waals surface area contributed by atoms with Crippen LogP contribution in [-0.2, 0) is 9.47 Å². The maximum atomic E-state index is 12.8. The predicted molar refractivity (Wildman–Crippen MR) is 55.6 cm³/mol. The summed E-state index contributed by atoms with van der Waals surface area (Å²) in [5.74, 6) is -0.407. The van der Waals surface area contributed by atoms with E-state index in [0.717, 1.165) is 6.08 Å². The zero-order chi connectivity index (χ0) is 13.5. The minimum atomic E-state index is -3.87. The summed E-state index contributed by atoms with van der Waals surface area (Å²) in [7, 11) is 0. The number of hydrogen-bond acceptors (Lipinski definition) is 2. The summed E-state index contributed by atoms with van der Waals surface area (Å²) < 4.78 is 56.2. The Bertz CT molecular complexity index is 321. The molecule has 0 aliphatic heterocycles. The van der Waals surface area contributed by atoms with Crippen LogP contribution in [0.2, 0.25) is 0 Å². The molecule has 0 rings (SSSR count). The number of hydrogen-bond donors (Lipinski definition) is 0. The molecule has 0 heterocycles. The van der Waals surface area contributed by atoms with Gasteiger partial charge in [0.1, 0.15) is 5.76 Å². The smallest absolute Gasteiger partial charge is 0.422 e. The van der Waals surface area contributed by atoms with Crippen LogP contribution in [0.15, 0.2) is 49.3 Å². The topological polar surface area (TPSA) is 18.5 Å². The first kappa shape index (κ1) is 15.4. The lowest BCUT2D eigenvalue weighted by molar-refractivity contribution is -0.272. The third kappa shape index (κ3) is 8.27. The van der Waals surface area contributed by atoms with Crippen LogP contribution in [0.1, 0.15) is 0 Å². The summed E-state index contributed by atoms with van der Waals surface area (Å²) in [5.41, 5.74) is 0.460. The highest BCUT2D eigenvalue weighted by molar-refractivity contribution is 5.28. The molecule has 0 aromatic heterocycles. The molecule has 0 aliphatic carbocycles. The van der Waals surface area contributed by atoms with Gasteiger partial charge in [0.05, 0.1) is 0 Å². The molecule has 0 atom stereocenters. The molecule has 0 N–H and O–H groups in total. The van der Waals surface area contributed by atoms with Crippen molar-refractivity contribution in [2.24, 2.45) is 0 Å². The Morgan fingerprint density at radius 1 is 1.24 bits per heavy atom. The van der Waals surface area contributed by atoms with Crippen LogP contribution in [-0.4, -0.2) is 19.3 Å². The zero-order valence-corrected chi connectivity index (χ0v) is 8.97. The Balaban J connectivity index is 4.22. The van der Waals surface area contributed by atoms with Crippen LogP contribution in [0, 0.1) is 0 Å². The molecule has 0 amide bonds. The van der Waals surface area contributed by atoms with Crippen molar-refractivity contribution in [3.8, 4) is 0 Å². The highest BCUT2D eigenvalue weighted by atomic mass is 19.3. The van der Waals surface area contributed by atoms with Crippen molar-refractivity contribution in [1.82, 2.24) is 0 Å². The molecule has 17 heavy (non-hydrogen) atoms. The molecule has 2 nitrogen and oxygen atoms in total. The van der Waals surface area contributed by atoms with Crippen molar-refractivity contribution in [2.75, 3.05) is 6.61 Å². The quantitative estimate of drug-likeness (QED) is 0.373. The van der Waals surface area contributed by atoms with Crippen molar-refractivity contribution in [3.63, 3.8) is 0 Å². The first-order valence-corrected chi connectivity index (χ1v) is 4.42. The molecule has 6 heteroatoms. The third-order valence-electron chi connectivity index (χ3n) is 1.40. The van der Waals surface area contributed by atoms with E-state index in [9.17, 15) is 17.6 Å². The second kappa shape index (κ2) is 6.90. The van der Waals surface area contributed by atoms with E-state index in [1.807, 2.05) is 0 Å². The first-order chi connectivity index (χ1) is 7.76. The van der Waals surface area contributed by atoms with Gasteiger partial charge >= 0.3 is 12.7 Å². The van der Waals surface area contributed by atoms with Gasteiger partial charge in [-0.15, -0.1) is 0 Å². The summed E-state index contributed by atoms with van der Waals surface area (Å²) in [6, 6.07) is 0. The van der Waals surface area contributed by atoms with Gasteiger partial charge in [-0.1, -0.05) is 31.9 Å². The summed E-state index contributed by atoms with van der Waals surface area (Å²) in [6.45, 7) is 5.20. The molecule has 96 valence electrons. The second-order valence-corrected chi connectivity index (χ2v) is 2.89. The SMILES string of the molecule is C=CC(=C)/C=C\C(=C)OC(F)(F)COC(F)F. The van der Waals surface area contributed by atoms with Crippen LogP contribution < -0.4 is 0 Å². The molecule has 0 aromatic carbocycles. The molecule has 0 bridgehead atoms. The number of ether oxygens (including phenoxy) is 2.